The van der Waals surface area contributed by atoms with Gasteiger partial charge in [0.15, 0.2) is 11.5 Å². The van der Waals surface area contributed by atoms with Gasteiger partial charge in [-0.25, -0.2) is 9.78 Å². The van der Waals surface area contributed by atoms with Crippen LogP contribution in [-0.2, 0) is 17.5 Å². The van der Waals surface area contributed by atoms with E-state index in [1.54, 1.807) is 13.8 Å². The summed E-state index contributed by atoms with van der Waals surface area (Å²) in [7, 11) is 0. The molecule has 3 rings (SSSR count). The lowest BCUT2D eigenvalue weighted by Gasteiger charge is -2.14. The van der Waals surface area contributed by atoms with Crippen LogP contribution in [0.15, 0.2) is 54.6 Å². The zero-order valence-electron chi connectivity index (χ0n) is 15.9. The number of alkyl halides is 3. The fraction of sp³-hybridized carbons (Fsp3) is 0.238. The van der Waals surface area contributed by atoms with Crippen LogP contribution in [0.1, 0.15) is 34.2 Å². The Morgan fingerprint density at radius 1 is 1.07 bits per heavy atom. The summed E-state index contributed by atoms with van der Waals surface area (Å²) in [5.41, 5.74) is 1.06. The van der Waals surface area contributed by atoms with Crippen molar-refractivity contribution in [2.24, 2.45) is 0 Å². The average molecular weight is 404 g/mol. The summed E-state index contributed by atoms with van der Waals surface area (Å²) in [6.45, 7) is 3.48. The first kappa shape index (κ1) is 20.4. The quantitative estimate of drug-likeness (QED) is 0.560. The molecule has 0 aliphatic rings. The number of esters is 1. The van der Waals surface area contributed by atoms with Gasteiger partial charge in [0.25, 0.3) is 0 Å². The van der Waals surface area contributed by atoms with Crippen LogP contribution in [0.5, 0.6) is 0 Å². The number of benzene rings is 2. The molecule has 152 valence electrons. The van der Waals surface area contributed by atoms with E-state index in [-0.39, 0.29) is 18.9 Å². The lowest BCUT2D eigenvalue weighted by molar-refractivity contribution is -0.137. The van der Waals surface area contributed by atoms with Crippen molar-refractivity contribution < 1.29 is 27.5 Å². The number of ether oxygens (including phenoxy) is 1. The van der Waals surface area contributed by atoms with Gasteiger partial charge in [0.2, 0.25) is 0 Å². The molecule has 0 aliphatic heterocycles. The van der Waals surface area contributed by atoms with E-state index >= 15 is 0 Å². The Morgan fingerprint density at radius 2 is 1.72 bits per heavy atom. The van der Waals surface area contributed by atoms with Crippen molar-refractivity contribution in [2.75, 3.05) is 6.61 Å². The van der Waals surface area contributed by atoms with Crippen LogP contribution in [0.25, 0.3) is 11.4 Å². The number of carbonyl (C=O) groups excluding carboxylic acids is 1. The minimum Gasteiger partial charge on any atom is -0.461 e. The summed E-state index contributed by atoms with van der Waals surface area (Å²) in [5, 5.41) is 0. The van der Waals surface area contributed by atoms with Gasteiger partial charge in [0.1, 0.15) is 6.61 Å². The maximum atomic E-state index is 12.7. The minimum absolute atomic E-state index is 0.0554. The normalized spacial score (nSPS) is 11.3. The van der Waals surface area contributed by atoms with Crippen molar-refractivity contribution >= 4 is 5.97 Å². The Morgan fingerprint density at radius 3 is 2.31 bits per heavy atom. The highest BCUT2D eigenvalue weighted by Gasteiger charge is 2.30. The highest BCUT2D eigenvalue weighted by molar-refractivity contribution is 5.89. The Labute approximate surface area is 165 Å². The topological polar surface area (TPSA) is 53.3 Å². The van der Waals surface area contributed by atoms with E-state index in [4.69, 9.17) is 9.57 Å². The number of aromatic nitrogens is 2. The van der Waals surface area contributed by atoms with E-state index in [9.17, 15) is 18.0 Å². The van der Waals surface area contributed by atoms with Crippen molar-refractivity contribution in [1.29, 1.82) is 0 Å². The molecular weight excluding hydrogens is 385 g/mol. The lowest BCUT2D eigenvalue weighted by Crippen LogP contribution is -2.20. The molecule has 0 fully saturated rings. The van der Waals surface area contributed by atoms with E-state index in [0.717, 1.165) is 17.7 Å². The first-order valence-electron chi connectivity index (χ1n) is 8.92. The second kappa shape index (κ2) is 8.38. The number of aryl methyl sites for hydroxylation is 1. The summed E-state index contributed by atoms with van der Waals surface area (Å²) < 4.78 is 44.6. The fourth-order valence-corrected chi connectivity index (χ4v) is 2.76. The molecule has 0 aliphatic carbocycles. The number of carbonyl (C=O) groups is 1. The molecule has 0 radical (unpaired) electrons. The van der Waals surface area contributed by atoms with E-state index in [1.807, 2.05) is 30.3 Å². The molecule has 2 aromatic carbocycles. The number of nitrogens with zero attached hydrogens (tertiary/aromatic N) is 2. The van der Waals surface area contributed by atoms with E-state index in [1.165, 1.54) is 16.9 Å². The van der Waals surface area contributed by atoms with Crippen molar-refractivity contribution in [3.8, 4) is 11.4 Å². The SMILES string of the molecule is CCOC(=O)c1c(C)nc(-c2ccccc2)n1OCc1ccc(C(F)(F)F)cc1. The third kappa shape index (κ3) is 4.59. The predicted molar refractivity (Wildman–Crippen MR) is 100 cm³/mol. The maximum absolute atomic E-state index is 12.7. The molecule has 0 atom stereocenters. The Bertz CT molecular complexity index is 981. The molecule has 1 aromatic heterocycles. The molecule has 29 heavy (non-hydrogen) atoms. The van der Waals surface area contributed by atoms with Gasteiger partial charge < -0.3 is 9.57 Å². The molecule has 8 heteroatoms. The van der Waals surface area contributed by atoms with Crippen molar-refractivity contribution in [3.63, 3.8) is 0 Å². The molecule has 0 amide bonds. The van der Waals surface area contributed by atoms with Gasteiger partial charge in [-0.15, -0.1) is 0 Å². The zero-order valence-corrected chi connectivity index (χ0v) is 15.9. The number of rotatable bonds is 6. The first-order chi connectivity index (χ1) is 13.8. The Kier molecular flexibility index (Phi) is 5.91. The van der Waals surface area contributed by atoms with Crippen LogP contribution in [-0.4, -0.2) is 22.3 Å². The Balaban J connectivity index is 1.93. The molecule has 3 aromatic rings. The molecule has 0 N–H and O–H groups in total. The number of hydrogen-bond donors (Lipinski definition) is 0. The first-order valence-corrected chi connectivity index (χ1v) is 8.92. The number of imidazole rings is 1. The second-order valence-electron chi connectivity index (χ2n) is 6.22. The van der Waals surface area contributed by atoms with Gasteiger partial charge in [-0.2, -0.15) is 17.9 Å². The molecule has 5 nitrogen and oxygen atoms in total. The molecule has 0 unspecified atom stereocenters. The molecular formula is C21H19F3N2O3. The predicted octanol–water partition coefficient (Wildman–Crippen LogP) is 4.68. The van der Waals surface area contributed by atoms with Crippen molar-refractivity contribution in [2.45, 2.75) is 26.6 Å². The monoisotopic (exact) mass is 404 g/mol. The van der Waals surface area contributed by atoms with E-state index in [0.29, 0.717) is 17.1 Å². The average Bonchev–Trinajstić information content (AvgIpc) is 3.03. The number of halogens is 3. The lowest BCUT2D eigenvalue weighted by atomic mass is 10.1. The van der Waals surface area contributed by atoms with Crippen LogP contribution in [0.3, 0.4) is 0 Å². The van der Waals surface area contributed by atoms with Crippen LogP contribution < -0.4 is 4.84 Å². The molecule has 0 saturated carbocycles. The summed E-state index contributed by atoms with van der Waals surface area (Å²) >= 11 is 0. The van der Waals surface area contributed by atoms with Crippen LogP contribution in [0.4, 0.5) is 13.2 Å². The van der Waals surface area contributed by atoms with Crippen molar-refractivity contribution in [3.05, 3.63) is 77.1 Å². The van der Waals surface area contributed by atoms with Crippen LogP contribution in [0, 0.1) is 6.92 Å². The smallest absolute Gasteiger partial charge is 0.416 e. The Hall–Kier alpha value is -3.29. The third-order valence-electron chi connectivity index (χ3n) is 4.15. The summed E-state index contributed by atoms with van der Waals surface area (Å²) in [4.78, 5) is 22.6. The standard InChI is InChI=1S/C21H19F3N2O3/c1-3-28-20(27)18-14(2)25-19(16-7-5-4-6-8-16)26(18)29-13-15-9-11-17(12-10-15)21(22,23)24/h4-12H,3,13H2,1-2H3. The van der Waals surface area contributed by atoms with Gasteiger partial charge in [-0.05, 0) is 31.5 Å². The molecule has 0 spiro atoms. The molecule has 1 heterocycles. The summed E-state index contributed by atoms with van der Waals surface area (Å²) in [6.07, 6.45) is -4.40. The van der Waals surface area contributed by atoms with E-state index in [2.05, 4.69) is 4.98 Å². The van der Waals surface area contributed by atoms with Gasteiger partial charge >= 0.3 is 12.1 Å². The van der Waals surface area contributed by atoms with Gasteiger partial charge in [-0.1, -0.05) is 42.5 Å². The summed E-state index contributed by atoms with van der Waals surface area (Å²) in [5.74, 6) is -0.190. The van der Waals surface area contributed by atoms with Crippen LogP contribution in [0.2, 0.25) is 0 Å². The third-order valence-corrected chi connectivity index (χ3v) is 4.15. The largest absolute Gasteiger partial charge is 0.461 e. The highest BCUT2D eigenvalue weighted by atomic mass is 19.4. The maximum Gasteiger partial charge on any atom is 0.416 e. The van der Waals surface area contributed by atoms with Gasteiger partial charge in [0.05, 0.1) is 17.9 Å². The van der Waals surface area contributed by atoms with E-state index < -0.39 is 17.7 Å². The number of hydrogen-bond acceptors (Lipinski definition) is 4. The second-order valence-corrected chi connectivity index (χ2v) is 6.22. The minimum atomic E-state index is -4.40. The van der Waals surface area contributed by atoms with Crippen molar-refractivity contribution in [1.82, 2.24) is 9.71 Å². The summed E-state index contributed by atoms with van der Waals surface area (Å²) in [6, 6.07) is 13.8. The van der Waals surface area contributed by atoms with Gasteiger partial charge in [0, 0.05) is 5.56 Å². The fourth-order valence-electron chi connectivity index (χ4n) is 2.76. The molecule has 0 bridgehead atoms. The zero-order chi connectivity index (χ0) is 21.0. The van der Waals surface area contributed by atoms with Gasteiger partial charge in [-0.3, -0.25) is 0 Å². The highest BCUT2D eigenvalue weighted by Crippen LogP contribution is 2.29. The van der Waals surface area contributed by atoms with Crippen LogP contribution >= 0.6 is 0 Å². The molecule has 0 saturated heterocycles.